The van der Waals surface area contributed by atoms with Crippen LogP contribution in [0.25, 0.3) is 0 Å². The fourth-order valence-electron chi connectivity index (χ4n) is 10.4. The fourth-order valence-corrected chi connectivity index (χ4v) is 10.4. The Morgan fingerprint density at radius 1 is 0.958 bits per heavy atom. The molecule has 8 aliphatic heterocycles. The third-order valence-electron chi connectivity index (χ3n) is 13.5. The van der Waals surface area contributed by atoms with Gasteiger partial charge in [-0.2, -0.15) is 0 Å². The molecule has 266 valence electrons. The minimum Gasteiger partial charge on any atom is -0.444 e. The number of likely N-dealkylation sites (tertiary alicyclic amines) is 2. The van der Waals surface area contributed by atoms with Gasteiger partial charge in [0.1, 0.15) is 11.6 Å². The Bertz CT molecular complexity index is 1330. The maximum Gasteiger partial charge on any atom is 0.410 e. The quantitative estimate of drug-likeness (QED) is 0.484. The minimum absolute atomic E-state index is 0.0593. The zero-order chi connectivity index (χ0) is 33.9. The van der Waals surface area contributed by atoms with E-state index in [1.807, 2.05) is 30.6 Å². The van der Waals surface area contributed by atoms with Gasteiger partial charge in [0, 0.05) is 80.6 Å². The molecule has 8 saturated heterocycles. The van der Waals surface area contributed by atoms with E-state index in [1.165, 1.54) is 0 Å². The summed E-state index contributed by atoms with van der Waals surface area (Å²) in [4.78, 5) is 62.0. The second kappa shape index (κ2) is 11.0. The molecule has 0 aromatic rings. The van der Waals surface area contributed by atoms with Crippen molar-refractivity contribution in [3.05, 3.63) is 0 Å². The Hall–Kier alpha value is -2.44. The minimum atomic E-state index is -0.938. The van der Waals surface area contributed by atoms with E-state index in [9.17, 15) is 19.2 Å². The highest BCUT2D eigenvalue weighted by molar-refractivity contribution is 5.92. The van der Waals surface area contributed by atoms with Crippen LogP contribution in [0.15, 0.2) is 0 Å². The SMILES string of the molecule is CC(C)(C)OC(=O)N1C[C@H]2C(=O)N[C@H](C(=O)N3CC4(CCOCC4)C3)[C@H](OCC34CCC(CC3)OC4)C3[C@H](C(=O)N4CC2(C1)C4)C3(C)C. The van der Waals surface area contributed by atoms with Crippen molar-refractivity contribution in [2.24, 2.45) is 39.4 Å². The van der Waals surface area contributed by atoms with Crippen molar-refractivity contribution in [3.8, 4) is 0 Å². The maximum atomic E-state index is 14.7. The van der Waals surface area contributed by atoms with E-state index < -0.39 is 40.6 Å². The van der Waals surface area contributed by atoms with E-state index in [4.69, 9.17) is 18.9 Å². The summed E-state index contributed by atoms with van der Waals surface area (Å²) in [6, 6.07) is -0.938. The lowest BCUT2D eigenvalue weighted by Gasteiger charge is -2.53. The van der Waals surface area contributed by atoms with Crippen molar-refractivity contribution in [2.75, 3.05) is 65.7 Å². The van der Waals surface area contributed by atoms with Crippen LogP contribution in [0.5, 0.6) is 0 Å². The van der Waals surface area contributed by atoms with Gasteiger partial charge in [0.05, 0.1) is 31.3 Å². The molecule has 0 aromatic heterocycles. The molecule has 8 heterocycles. The number of carbonyl (C=O) groups excluding carboxylic acids is 4. The molecule has 1 unspecified atom stereocenters. The Labute approximate surface area is 283 Å². The average molecular weight is 671 g/mol. The van der Waals surface area contributed by atoms with Crippen LogP contribution in [0.4, 0.5) is 4.79 Å². The third-order valence-corrected chi connectivity index (χ3v) is 13.5. The van der Waals surface area contributed by atoms with Crippen LogP contribution < -0.4 is 5.32 Å². The molecule has 10 aliphatic rings. The Kier molecular flexibility index (Phi) is 7.52. The fraction of sp³-hybridized carbons (Fsp3) is 0.889. The Balaban J connectivity index is 1.11. The summed E-state index contributed by atoms with van der Waals surface area (Å²) in [6.45, 7) is 14.7. The van der Waals surface area contributed by atoms with E-state index in [2.05, 4.69) is 19.2 Å². The summed E-state index contributed by atoms with van der Waals surface area (Å²) in [5.74, 6) is -1.44. The number of amides is 4. The first kappa shape index (κ1) is 32.7. The number of carbonyl (C=O) groups is 4. The maximum absolute atomic E-state index is 14.7. The molecular weight excluding hydrogens is 616 g/mol. The van der Waals surface area contributed by atoms with Crippen LogP contribution in [0.2, 0.25) is 0 Å². The van der Waals surface area contributed by atoms with Crippen molar-refractivity contribution in [1.29, 1.82) is 0 Å². The number of ether oxygens (including phenoxy) is 4. The highest BCUT2D eigenvalue weighted by atomic mass is 16.6. The summed E-state index contributed by atoms with van der Waals surface area (Å²) < 4.78 is 24.4. The summed E-state index contributed by atoms with van der Waals surface area (Å²) in [5, 5.41) is 3.25. The van der Waals surface area contributed by atoms with E-state index in [1.54, 1.807) is 4.90 Å². The Morgan fingerprint density at radius 2 is 1.65 bits per heavy atom. The second-order valence-corrected chi connectivity index (χ2v) is 18.4. The molecule has 0 radical (unpaired) electrons. The standard InChI is InChI=1S/C36H54N4O8/c1-32(2,3)48-31(44)38-14-23-28(41)37-26(30(43)39-15-34(16-39)10-12-45-13-11-34)27(47-21-35-8-6-22(7-9-35)46-20-35)24-25(33(24,4)5)29(42)40-18-36(23,17-38)19-40/h22-27H,6-21H2,1-5H3,(H,37,41)/t22?,23-,24?,25+,26-,27+,35?/m0/s1. The predicted octanol–water partition coefficient (Wildman–Crippen LogP) is 2.44. The number of hydrogen-bond donors (Lipinski definition) is 1. The van der Waals surface area contributed by atoms with E-state index in [-0.39, 0.29) is 46.9 Å². The van der Waals surface area contributed by atoms with Gasteiger partial charge < -0.3 is 39.0 Å². The van der Waals surface area contributed by atoms with Crippen LogP contribution in [0.1, 0.15) is 73.1 Å². The van der Waals surface area contributed by atoms with Crippen molar-refractivity contribution >= 4 is 23.8 Å². The molecule has 1 N–H and O–H groups in total. The average Bonchev–Trinajstić information content (AvgIpc) is 3.36. The Morgan fingerprint density at radius 3 is 2.27 bits per heavy atom. The van der Waals surface area contributed by atoms with E-state index in [0.717, 1.165) is 38.5 Å². The zero-order valence-electron chi connectivity index (χ0n) is 29.4. The lowest BCUT2D eigenvalue weighted by atomic mass is 9.70. The van der Waals surface area contributed by atoms with Gasteiger partial charge in [-0.25, -0.2) is 4.79 Å². The molecular formula is C36H54N4O8. The van der Waals surface area contributed by atoms with Crippen LogP contribution in [0.3, 0.4) is 0 Å². The highest BCUT2D eigenvalue weighted by Gasteiger charge is 2.71. The van der Waals surface area contributed by atoms with Gasteiger partial charge in [-0.05, 0) is 64.7 Å². The molecule has 0 aromatic carbocycles. The summed E-state index contributed by atoms with van der Waals surface area (Å²) in [6.07, 6.45) is 5.09. The smallest absolute Gasteiger partial charge is 0.410 e. The molecule has 10 fully saturated rings. The molecule has 2 aliphatic carbocycles. The second-order valence-electron chi connectivity index (χ2n) is 18.4. The third kappa shape index (κ3) is 5.34. The molecule has 4 amide bonds. The van der Waals surface area contributed by atoms with E-state index in [0.29, 0.717) is 65.3 Å². The lowest BCUT2D eigenvalue weighted by molar-refractivity contribution is -0.170. The number of hydrogen-bond acceptors (Lipinski definition) is 8. The van der Waals surface area contributed by atoms with Crippen LogP contribution in [0, 0.1) is 39.4 Å². The van der Waals surface area contributed by atoms with Gasteiger partial charge >= 0.3 is 6.09 Å². The zero-order valence-corrected chi connectivity index (χ0v) is 29.4. The number of nitrogens with zero attached hydrogens (tertiary/aromatic N) is 3. The molecule has 2 spiro atoms. The van der Waals surface area contributed by atoms with E-state index >= 15 is 0 Å². The number of fused-ring (bicyclic) bond motifs is 6. The molecule has 10 rings (SSSR count). The molecule has 48 heavy (non-hydrogen) atoms. The van der Waals surface area contributed by atoms with Gasteiger partial charge in [-0.15, -0.1) is 0 Å². The molecule has 5 atom stereocenters. The molecule has 4 bridgehead atoms. The topological polar surface area (TPSA) is 127 Å². The van der Waals surface area contributed by atoms with Crippen molar-refractivity contribution in [2.45, 2.75) is 97.0 Å². The van der Waals surface area contributed by atoms with Crippen LogP contribution in [-0.4, -0.2) is 128 Å². The van der Waals surface area contributed by atoms with Gasteiger partial charge in [-0.3, -0.25) is 14.4 Å². The monoisotopic (exact) mass is 670 g/mol. The molecule has 2 saturated carbocycles. The first-order valence-corrected chi connectivity index (χ1v) is 18.3. The van der Waals surface area contributed by atoms with Crippen LogP contribution in [-0.2, 0) is 33.3 Å². The summed E-state index contributed by atoms with van der Waals surface area (Å²) in [5.41, 5.74) is -1.72. The first-order valence-electron chi connectivity index (χ1n) is 18.3. The van der Waals surface area contributed by atoms with Gasteiger partial charge in [-0.1, -0.05) is 13.8 Å². The molecule has 12 heteroatoms. The number of rotatable bonds is 4. The number of nitrogens with one attached hydrogen (secondary N) is 1. The van der Waals surface area contributed by atoms with Crippen molar-refractivity contribution in [3.63, 3.8) is 0 Å². The largest absolute Gasteiger partial charge is 0.444 e. The van der Waals surface area contributed by atoms with Crippen molar-refractivity contribution in [1.82, 2.24) is 20.0 Å². The van der Waals surface area contributed by atoms with Crippen molar-refractivity contribution < 1.29 is 38.1 Å². The summed E-state index contributed by atoms with van der Waals surface area (Å²) in [7, 11) is 0. The first-order chi connectivity index (χ1) is 22.6. The molecule has 12 nitrogen and oxygen atoms in total. The summed E-state index contributed by atoms with van der Waals surface area (Å²) >= 11 is 0. The van der Waals surface area contributed by atoms with Crippen LogP contribution >= 0.6 is 0 Å². The normalized spacial score (nSPS) is 39.0. The van der Waals surface area contributed by atoms with Gasteiger partial charge in [0.25, 0.3) is 0 Å². The lowest BCUT2D eigenvalue weighted by Crippen LogP contribution is -2.67. The van der Waals surface area contributed by atoms with Gasteiger partial charge in [0.2, 0.25) is 17.7 Å². The predicted molar refractivity (Wildman–Crippen MR) is 172 cm³/mol. The van der Waals surface area contributed by atoms with Gasteiger partial charge in [0.15, 0.2) is 0 Å². The highest BCUT2D eigenvalue weighted by Crippen LogP contribution is 2.63.